The molecule has 0 radical (unpaired) electrons. The summed E-state index contributed by atoms with van der Waals surface area (Å²) in [4.78, 5) is 12.4. The Hall–Kier alpha value is -2.09. The van der Waals surface area contributed by atoms with Gasteiger partial charge in [-0.1, -0.05) is 30.3 Å². The average Bonchev–Trinajstić information content (AvgIpc) is 2.89. The van der Waals surface area contributed by atoms with Crippen LogP contribution in [0.25, 0.3) is 21.9 Å². The van der Waals surface area contributed by atoms with E-state index in [1.807, 2.05) is 18.2 Å². The molecule has 2 heteroatoms. The molecule has 1 aromatic heterocycles. The van der Waals surface area contributed by atoms with Crippen molar-refractivity contribution >= 4 is 27.7 Å². The number of carbonyl (C=O) groups excluding carboxylic acids is 1. The van der Waals surface area contributed by atoms with E-state index in [0.29, 0.717) is 11.7 Å². The van der Waals surface area contributed by atoms with Crippen molar-refractivity contribution in [1.29, 1.82) is 0 Å². The van der Waals surface area contributed by atoms with Crippen molar-refractivity contribution in [2.75, 3.05) is 0 Å². The molecule has 104 valence electrons. The van der Waals surface area contributed by atoms with Crippen molar-refractivity contribution < 1.29 is 9.21 Å². The van der Waals surface area contributed by atoms with Gasteiger partial charge in [-0.3, -0.25) is 4.79 Å². The molecule has 1 fully saturated rings. The van der Waals surface area contributed by atoms with Gasteiger partial charge in [-0.2, -0.15) is 0 Å². The zero-order valence-electron chi connectivity index (χ0n) is 11.8. The lowest BCUT2D eigenvalue weighted by atomic mass is 9.68. The first-order chi connectivity index (χ1) is 10.3. The third kappa shape index (κ3) is 1.50. The maximum atomic E-state index is 12.4. The smallest absolute Gasteiger partial charge is 0.140 e. The van der Waals surface area contributed by atoms with Crippen molar-refractivity contribution in [3.63, 3.8) is 0 Å². The first kappa shape index (κ1) is 11.6. The number of furan rings is 1. The molecule has 0 aliphatic heterocycles. The normalized spacial score (nSPS) is 24.5. The van der Waals surface area contributed by atoms with Crippen LogP contribution >= 0.6 is 0 Å². The summed E-state index contributed by atoms with van der Waals surface area (Å²) in [6, 6.07) is 12.5. The molecule has 1 saturated carbocycles. The second-order valence-electron chi connectivity index (χ2n) is 6.48. The van der Waals surface area contributed by atoms with Crippen LogP contribution in [0.3, 0.4) is 0 Å². The van der Waals surface area contributed by atoms with E-state index >= 15 is 0 Å². The second kappa shape index (κ2) is 3.97. The summed E-state index contributed by atoms with van der Waals surface area (Å²) < 4.78 is 6.14. The first-order valence-corrected chi connectivity index (χ1v) is 7.77. The summed E-state index contributed by atoms with van der Waals surface area (Å²) >= 11 is 0. The number of para-hydroxylation sites is 1. The van der Waals surface area contributed by atoms with Gasteiger partial charge >= 0.3 is 0 Å². The van der Waals surface area contributed by atoms with Gasteiger partial charge in [0.05, 0.1) is 0 Å². The molecule has 2 aliphatic rings. The Morgan fingerprint density at radius 1 is 1.05 bits per heavy atom. The van der Waals surface area contributed by atoms with E-state index in [1.165, 1.54) is 11.1 Å². The molecule has 2 bridgehead atoms. The maximum Gasteiger partial charge on any atom is 0.140 e. The van der Waals surface area contributed by atoms with Crippen LogP contribution in [0.1, 0.15) is 36.3 Å². The largest absolute Gasteiger partial charge is 0.456 e. The number of Topliss-reactive ketones (excluding diaryl/α,β-unsaturated/α-hetero) is 1. The van der Waals surface area contributed by atoms with Gasteiger partial charge in [0.25, 0.3) is 0 Å². The SMILES string of the molecule is O=C1CC[C@H]2Cc3ccc4c(oc5ccccc54)c3[C@@H]1C2. The molecule has 2 aromatic carbocycles. The van der Waals surface area contributed by atoms with Crippen LogP contribution in [0, 0.1) is 5.92 Å². The van der Waals surface area contributed by atoms with E-state index in [9.17, 15) is 4.79 Å². The van der Waals surface area contributed by atoms with Crippen LogP contribution in [0.5, 0.6) is 0 Å². The maximum absolute atomic E-state index is 12.4. The van der Waals surface area contributed by atoms with E-state index in [4.69, 9.17) is 4.42 Å². The van der Waals surface area contributed by atoms with Gasteiger partial charge in [0.2, 0.25) is 0 Å². The minimum atomic E-state index is 0.0664. The van der Waals surface area contributed by atoms with E-state index in [-0.39, 0.29) is 5.92 Å². The third-order valence-corrected chi connectivity index (χ3v) is 5.29. The summed E-state index contributed by atoms with van der Waals surface area (Å²) in [5.41, 5.74) is 4.39. The molecule has 2 aliphatic carbocycles. The minimum absolute atomic E-state index is 0.0664. The van der Waals surface area contributed by atoms with Gasteiger partial charge in [-0.25, -0.2) is 0 Å². The van der Waals surface area contributed by atoms with E-state index in [1.54, 1.807) is 0 Å². The topological polar surface area (TPSA) is 30.2 Å². The molecule has 5 rings (SSSR count). The Labute approximate surface area is 122 Å². The first-order valence-electron chi connectivity index (χ1n) is 7.77. The Morgan fingerprint density at radius 3 is 2.90 bits per heavy atom. The van der Waals surface area contributed by atoms with Crippen LogP contribution < -0.4 is 0 Å². The van der Waals surface area contributed by atoms with Crippen molar-refractivity contribution in [2.45, 2.75) is 31.6 Å². The van der Waals surface area contributed by atoms with Crippen molar-refractivity contribution in [1.82, 2.24) is 0 Å². The van der Waals surface area contributed by atoms with Gasteiger partial charge in [0, 0.05) is 28.7 Å². The summed E-state index contributed by atoms with van der Waals surface area (Å²) in [6.45, 7) is 0. The number of ketones is 1. The lowest BCUT2D eigenvalue weighted by Gasteiger charge is -2.35. The minimum Gasteiger partial charge on any atom is -0.456 e. The van der Waals surface area contributed by atoms with Crippen LogP contribution in [0.4, 0.5) is 0 Å². The Bertz CT molecular complexity index is 887. The monoisotopic (exact) mass is 276 g/mol. The molecule has 21 heavy (non-hydrogen) atoms. The van der Waals surface area contributed by atoms with Gasteiger partial charge < -0.3 is 4.42 Å². The molecule has 0 unspecified atom stereocenters. The number of carbonyl (C=O) groups is 1. The fourth-order valence-electron chi connectivity index (χ4n) is 4.29. The average molecular weight is 276 g/mol. The zero-order chi connectivity index (χ0) is 14.0. The highest BCUT2D eigenvalue weighted by atomic mass is 16.3. The fraction of sp³-hybridized carbons (Fsp3) is 0.316. The molecule has 2 nitrogen and oxygen atoms in total. The third-order valence-electron chi connectivity index (χ3n) is 5.29. The molecule has 2 atom stereocenters. The Kier molecular flexibility index (Phi) is 2.19. The van der Waals surface area contributed by atoms with Crippen molar-refractivity contribution in [3.8, 4) is 0 Å². The predicted molar refractivity (Wildman–Crippen MR) is 82.5 cm³/mol. The number of fused-ring (bicyclic) bond motifs is 8. The second-order valence-corrected chi connectivity index (χ2v) is 6.48. The van der Waals surface area contributed by atoms with E-state index in [0.717, 1.165) is 47.6 Å². The summed E-state index contributed by atoms with van der Waals surface area (Å²) in [6.07, 6.45) is 3.92. The lowest BCUT2D eigenvalue weighted by Crippen LogP contribution is -2.29. The van der Waals surface area contributed by atoms with Gasteiger partial charge in [-0.15, -0.1) is 0 Å². The Morgan fingerprint density at radius 2 is 1.95 bits per heavy atom. The highest BCUT2D eigenvalue weighted by molar-refractivity contribution is 6.07. The molecule has 0 spiro atoms. The fourth-order valence-corrected chi connectivity index (χ4v) is 4.29. The highest BCUT2D eigenvalue weighted by Crippen LogP contribution is 2.46. The summed E-state index contributed by atoms with van der Waals surface area (Å²) in [5, 5.41) is 2.31. The highest BCUT2D eigenvalue weighted by Gasteiger charge is 2.37. The predicted octanol–water partition coefficient (Wildman–Crippen LogP) is 4.59. The lowest BCUT2D eigenvalue weighted by molar-refractivity contribution is -0.123. The molecule has 1 heterocycles. The number of rotatable bonds is 0. The van der Waals surface area contributed by atoms with Crippen molar-refractivity contribution in [3.05, 3.63) is 47.5 Å². The Balaban J connectivity index is 1.88. The van der Waals surface area contributed by atoms with Crippen molar-refractivity contribution in [2.24, 2.45) is 5.92 Å². The molecule has 0 amide bonds. The molecular formula is C19H16O2. The molecule has 0 N–H and O–H groups in total. The summed E-state index contributed by atoms with van der Waals surface area (Å²) in [5.74, 6) is 1.15. The van der Waals surface area contributed by atoms with E-state index < -0.39 is 0 Å². The number of benzene rings is 2. The quantitative estimate of drug-likeness (QED) is 0.601. The molecular weight excluding hydrogens is 260 g/mol. The zero-order valence-corrected chi connectivity index (χ0v) is 11.8. The number of hydrogen-bond donors (Lipinski definition) is 0. The standard InChI is InChI=1S/C19H16O2/c20-16-8-5-11-9-12-6-7-14-13-3-1-2-4-17(13)21-19(14)18(12)15(16)10-11/h1-4,6-7,11,15H,5,8-10H2/t11-,15+/m0/s1. The number of hydrogen-bond acceptors (Lipinski definition) is 2. The van der Waals surface area contributed by atoms with E-state index in [2.05, 4.69) is 18.2 Å². The molecule has 0 saturated heterocycles. The summed E-state index contributed by atoms with van der Waals surface area (Å²) in [7, 11) is 0. The van der Waals surface area contributed by atoms with Gasteiger partial charge in [-0.05, 0) is 36.8 Å². The van der Waals surface area contributed by atoms with Crippen LogP contribution in [0.2, 0.25) is 0 Å². The van der Waals surface area contributed by atoms with Crippen LogP contribution in [-0.2, 0) is 11.2 Å². The van der Waals surface area contributed by atoms with Gasteiger partial charge in [0.1, 0.15) is 16.9 Å². The van der Waals surface area contributed by atoms with Crippen LogP contribution in [-0.4, -0.2) is 5.78 Å². The van der Waals surface area contributed by atoms with Gasteiger partial charge in [0.15, 0.2) is 0 Å². The molecule has 3 aromatic rings. The van der Waals surface area contributed by atoms with Crippen LogP contribution in [0.15, 0.2) is 40.8 Å².